The van der Waals surface area contributed by atoms with E-state index in [9.17, 15) is 31.1 Å². The average Bonchev–Trinajstić information content (AvgIpc) is 2.15. The highest BCUT2D eigenvalue weighted by Crippen LogP contribution is 2.28. The van der Waals surface area contributed by atoms with E-state index in [0.717, 1.165) is 0 Å². The first kappa shape index (κ1) is 13.3. The zero-order chi connectivity index (χ0) is 13.3. The Morgan fingerprint density at radius 1 is 1.12 bits per heavy atom. The first-order valence-corrected chi connectivity index (χ1v) is 4.02. The molecule has 0 aliphatic heterocycles. The highest BCUT2D eigenvalue weighted by molar-refractivity contribution is 5.94. The monoisotopic (exact) mass is 258 g/mol. The van der Waals surface area contributed by atoms with Gasteiger partial charge in [0.25, 0.3) is 0 Å². The topological polar surface area (TPSA) is 42.0 Å². The van der Waals surface area contributed by atoms with Gasteiger partial charge in [-0.1, -0.05) is 0 Å². The third-order valence-electron chi connectivity index (χ3n) is 1.57. The van der Waals surface area contributed by atoms with Gasteiger partial charge in [-0.05, 0) is 12.1 Å². The summed E-state index contributed by atoms with van der Waals surface area (Å²) in [7, 11) is 0. The fourth-order valence-electron chi connectivity index (χ4n) is 0.837. The molecule has 0 aromatic carbocycles. The third-order valence-corrected chi connectivity index (χ3v) is 1.57. The van der Waals surface area contributed by atoms with Crippen LogP contribution in [0.1, 0.15) is 5.69 Å². The van der Waals surface area contributed by atoms with Gasteiger partial charge in [-0.3, -0.25) is 4.79 Å². The molecule has 1 aromatic rings. The van der Waals surface area contributed by atoms with Crippen LogP contribution in [0.3, 0.4) is 0 Å². The zero-order valence-electron chi connectivity index (χ0n) is 7.86. The Morgan fingerprint density at radius 2 is 1.71 bits per heavy atom. The number of alkyl halides is 6. The van der Waals surface area contributed by atoms with Gasteiger partial charge in [-0.15, -0.1) is 0 Å². The Labute approximate surface area is 90.5 Å². The van der Waals surface area contributed by atoms with E-state index >= 15 is 0 Å². The Balaban J connectivity index is 2.80. The van der Waals surface area contributed by atoms with Crippen LogP contribution in [0.4, 0.5) is 32.0 Å². The van der Waals surface area contributed by atoms with Crippen LogP contribution in [0.5, 0.6) is 0 Å². The normalized spacial score (nSPS) is 12.4. The van der Waals surface area contributed by atoms with Crippen LogP contribution in [0.2, 0.25) is 0 Å². The SMILES string of the molecule is O=C(Nc1ccc(C(F)(F)F)nc1)C(F)(F)F. The predicted octanol–water partition coefficient (Wildman–Crippen LogP) is 2.60. The number of carbonyl (C=O) groups excluding carboxylic acids is 1. The lowest BCUT2D eigenvalue weighted by Gasteiger charge is -2.09. The summed E-state index contributed by atoms with van der Waals surface area (Å²) in [6.45, 7) is 0. The van der Waals surface area contributed by atoms with E-state index in [1.54, 1.807) is 0 Å². The second-order valence-corrected chi connectivity index (χ2v) is 2.88. The van der Waals surface area contributed by atoms with E-state index in [0.29, 0.717) is 18.3 Å². The van der Waals surface area contributed by atoms with Gasteiger partial charge < -0.3 is 5.32 Å². The fraction of sp³-hybridized carbons (Fsp3) is 0.250. The third kappa shape index (κ3) is 3.61. The number of carbonyl (C=O) groups is 1. The van der Waals surface area contributed by atoms with Crippen molar-refractivity contribution in [3.63, 3.8) is 0 Å². The number of nitrogens with zero attached hydrogens (tertiary/aromatic N) is 1. The predicted molar refractivity (Wildman–Crippen MR) is 43.9 cm³/mol. The summed E-state index contributed by atoms with van der Waals surface area (Å²) in [5.41, 5.74) is -1.73. The maximum absolute atomic E-state index is 12.0. The van der Waals surface area contributed by atoms with E-state index in [1.807, 2.05) is 0 Å². The van der Waals surface area contributed by atoms with Gasteiger partial charge in [0.1, 0.15) is 5.69 Å². The minimum atomic E-state index is -5.11. The summed E-state index contributed by atoms with van der Waals surface area (Å²) < 4.78 is 71.5. The van der Waals surface area contributed by atoms with E-state index in [4.69, 9.17) is 0 Å². The molecule has 1 rings (SSSR count). The minimum Gasteiger partial charge on any atom is -0.317 e. The van der Waals surface area contributed by atoms with Crippen LogP contribution in [0.15, 0.2) is 18.3 Å². The number of rotatable bonds is 1. The highest BCUT2D eigenvalue weighted by atomic mass is 19.4. The number of hydrogen-bond acceptors (Lipinski definition) is 2. The smallest absolute Gasteiger partial charge is 0.317 e. The lowest BCUT2D eigenvalue weighted by atomic mass is 10.3. The van der Waals surface area contributed by atoms with Crippen molar-refractivity contribution in [2.75, 3.05) is 5.32 Å². The van der Waals surface area contributed by atoms with Crippen molar-refractivity contribution in [1.82, 2.24) is 4.98 Å². The maximum Gasteiger partial charge on any atom is 0.471 e. The van der Waals surface area contributed by atoms with Crippen molar-refractivity contribution in [2.24, 2.45) is 0 Å². The van der Waals surface area contributed by atoms with Crippen molar-refractivity contribution in [3.8, 4) is 0 Å². The van der Waals surface area contributed by atoms with Crippen molar-refractivity contribution in [3.05, 3.63) is 24.0 Å². The lowest BCUT2D eigenvalue weighted by Crippen LogP contribution is -2.30. The zero-order valence-corrected chi connectivity index (χ0v) is 7.86. The lowest BCUT2D eigenvalue weighted by molar-refractivity contribution is -0.167. The summed E-state index contributed by atoms with van der Waals surface area (Å²) in [4.78, 5) is 13.3. The molecule has 1 heterocycles. The van der Waals surface area contributed by atoms with Crippen LogP contribution in [-0.2, 0) is 11.0 Å². The molecule has 0 aliphatic rings. The average molecular weight is 258 g/mol. The summed E-state index contributed by atoms with van der Waals surface area (Å²) in [5, 5.41) is 1.37. The number of halogens is 6. The van der Waals surface area contributed by atoms with Gasteiger partial charge in [0, 0.05) is 0 Å². The van der Waals surface area contributed by atoms with Crippen LogP contribution in [0, 0.1) is 0 Å². The summed E-state index contributed by atoms with van der Waals surface area (Å²) in [5.74, 6) is -2.28. The second kappa shape index (κ2) is 4.22. The molecule has 0 saturated carbocycles. The number of amides is 1. The summed E-state index contributed by atoms with van der Waals surface area (Å²) in [6, 6.07) is 1.14. The molecule has 0 radical (unpaired) electrons. The Bertz CT molecular complexity index is 408. The Kier molecular flexibility index (Phi) is 3.30. The number of aromatic nitrogens is 1. The largest absolute Gasteiger partial charge is 0.471 e. The van der Waals surface area contributed by atoms with Gasteiger partial charge in [0.15, 0.2) is 0 Å². The molecular formula is C8H4F6N2O. The standard InChI is InChI=1S/C8H4F6N2O/c9-7(10,11)5-2-1-4(3-15-5)16-6(17)8(12,13)14/h1-3H,(H,16,17). The fourth-order valence-corrected chi connectivity index (χ4v) is 0.837. The first-order chi connectivity index (χ1) is 7.60. The van der Waals surface area contributed by atoms with Gasteiger partial charge in [-0.2, -0.15) is 26.3 Å². The highest BCUT2D eigenvalue weighted by Gasteiger charge is 2.39. The molecule has 1 N–H and O–H groups in total. The number of nitrogens with one attached hydrogen (secondary N) is 1. The summed E-state index contributed by atoms with van der Waals surface area (Å²) >= 11 is 0. The first-order valence-electron chi connectivity index (χ1n) is 4.02. The van der Waals surface area contributed by atoms with Gasteiger partial charge in [-0.25, -0.2) is 4.98 Å². The van der Waals surface area contributed by atoms with Crippen molar-refractivity contribution in [2.45, 2.75) is 12.4 Å². The molecule has 0 unspecified atom stereocenters. The maximum atomic E-state index is 12.0. The number of anilines is 1. The molecule has 0 aliphatic carbocycles. The molecule has 0 atom stereocenters. The van der Waals surface area contributed by atoms with Crippen molar-refractivity contribution < 1.29 is 31.1 Å². The molecule has 1 amide bonds. The molecule has 0 spiro atoms. The molecule has 0 saturated heterocycles. The van der Waals surface area contributed by atoms with Gasteiger partial charge in [0.05, 0.1) is 11.9 Å². The molecule has 1 aromatic heterocycles. The summed E-state index contributed by atoms with van der Waals surface area (Å²) in [6.07, 6.45) is -9.30. The van der Waals surface area contributed by atoms with Crippen molar-refractivity contribution >= 4 is 11.6 Å². The van der Waals surface area contributed by atoms with Crippen LogP contribution in [-0.4, -0.2) is 17.1 Å². The number of pyridine rings is 1. The molecule has 0 bridgehead atoms. The van der Waals surface area contributed by atoms with Gasteiger partial charge >= 0.3 is 18.3 Å². The van der Waals surface area contributed by atoms with E-state index < -0.39 is 29.6 Å². The minimum absolute atomic E-state index is 0.464. The molecular weight excluding hydrogens is 254 g/mol. The molecule has 3 nitrogen and oxygen atoms in total. The Hall–Kier alpha value is -1.80. The number of hydrogen-bond donors (Lipinski definition) is 1. The molecule has 94 valence electrons. The quantitative estimate of drug-likeness (QED) is 0.786. The van der Waals surface area contributed by atoms with Gasteiger partial charge in [0.2, 0.25) is 0 Å². The Morgan fingerprint density at radius 3 is 2.06 bits per heavy atom. The second-order valence-electron chi connectivity index (χ2n) is 2.88. The molecule has 9 heteroatoms. The molecule has 0 fully saturated rings. The van der Waals surface area contributed by atoms with E-state index in [2.05, 4.69) is 4.98 Å². The van der Waals surface area contributed by atoms with E-state index in [-0.39, 0.29) is 0 Å². The van der Waals surface area contributed by atoms with Crippen LogP contribution >= 0.6 is 0 Å². The van der Waals surface area contributed by atoms with Crippen LogP contribution < -0.4 is 5.32 Å². The van der Waals surface area contributed by atoms with E-state index in [1.165, 1.54) is 5.32 Å². The van der Waals surface area contributed by atoms with Crippen LogP contribution in [0.25, 0.3) is 0 Å². The van der Waals surface area contributed by atoms with Crippen molar-refractivity contribution in [1.29, 1.82) is 0 Å². The molecule has 17 heavy (non-hydrogen) atoms.